The second-order valence-electron chi connectivity index (χ2n) is 4.50. The van der Waals surface area contributed by atoms with E-state index in [0.717, 1.165) is 5.56 Å². The number of phenolic OH excluding ortho intramolecular Hbond substituents is 1. The van der Waals surface area contributed by atoms with Gasteiger partial charge in [-0.25, -0.2) is 0 Å². The van der Waals surface area contributed by atoms with Crippen LogP contribution in [0, 0.1) is 6.92 Å². The fourth-order valence-corrected chi connectivity index (χ4v) is 2.22. The van der Waals surface area contributed by atoms with Gasteiger partial charge in [0.05, 0.1) is 16.6 Å². The molecule has 0 bridgehead atoms. The molecule has 3 N–H and O–H groups in total. The fourth-order valence-electron chi connectivity index (χ4n) is 2.22. The van der Waals surface area contributed by atoms with Gasteiger partial charge in [-0.2, -0.15) is 5.10 Å². The Morgan fingerprint density at radius 2 is 2.15 bits per heavy atom. The Hall–Kier alpha value is -2.82. The van der Waals surface area contributed by atoms with Crippen LogP contribution in [0.5, 0.6) is 5.75 Å². The van der Waals surface area contributed by atoms with E-state index >= 15 is 0 Å². The van der Waals surface area contributed by atoms with Gasteiger partial charge < -0.3 is 15.4 Å². The van der Waals surface area contributed by atoms with Crippen LogP contribution in [0.25, 0.3) is 22.2 Å². The zero-order valence-corrected chi connectivity index (χ0v) is 10.9. The SMILES string of the molecule is Cc1cc(O)c2c(=NN)c(-c3ccccn3)coc2c1. The summed E-state index contributed by atoms with van der Waals surface area (Å²) in [5.41, 5.74) is 2.75. The van der Waals surface area contributed by atoms with Gasteiger partial charge in [-0.1, -0.05) is 6.07 Å². The Labute approximate surface area is 115 Å². The molecule has 0 amide bonds. The molecule has 100 valence electrons. The zero-order valence-electron chi connectivity index (χ0n) is 10.9. The van der Waals surface area contributed by atoms with Crippen molar-refractivity contribution >= 4 is 11.0 Å². The predicted molar refractivity (Wildman–Crippen MR) is 75.6 cm³/mol. The molecule has 0 spiro atoms. The summed E-state index contributed by atoms with van der Waals surface area (Å²) in [5.74, 6) is 5.59. The van der Waals surface area contributed by atoms with E-state index in [-0.39, 0.29) is 5.75 Å². The summed E-state index contributed by atoms with van der Waals surface area (Å²) in [4.78, 5) is 4.25. The van der Waals surface area contributed by atoms with Gasteiger partial charge in [0.15, 0.2) is 0 Å². The minimum absolute atomic E-state index is 0.0886. The Kier molecular flexibility index (Phi) is 2.87. The molecule has 0 unspecified atom stereocenters. The van der Waals surface area contributed by atoms with Gasteiger partial charge in [0, 0.05) is 6.20 Å². The van der Waals surface area contributed by atoms with Crippen molar-refractivity contribution in [3.05, 3.63) is 53.7 Å². The van der Waals surface area contributed by atoms with E-state index in [4.69, 9.17) is 10.3 Å². The molecule has 0 fully saturated rings. The Morgan fingerprint density at radius 1 is 1.30 bits per heavy atom. The first kappa shape index (κ1) is 12.2. The standard InChI is InChI=1S/C15H13N3O2/c1-9-6-12(19)14-13(7-9)20-8-10(15(14)18-16)11-4-2-3-5-17-11/h2-8,19H,16H2,1H3. The van der Waals surface area contributed by atoms with Crippen LogP contribution in [0.2, 0.25) is 0 Å². The van der Waals surface area contributed by atoms with E-state index in [1.54, 1.807) is 18.5 Å². The lowest BCUT2D eigenvalue weighted by Crippen LogP contribution is -2.11. The summed E-state index contributed by atoms with van der Waals surface area (Å²) in [5, 5.41) is 14.9. The Bertz CT molecular complexity index is 839. The minimum Gasteiger partial charge on any atom is -0.507 e. The molecule has 0 aliphatic heterocycles. The molecule has 20 heavy (non-hydrogen) atoms. The molecule has 0 atom stereocenters. The number of nitrogens with zero attached hydrogens (tertiary/aromatic N) is 2. The van der Waals surface area contributed by atoms with Crippen LogP contribution in [-0.2, 0) is 0 Å². The molecule has 0 aliphatic rings. The molecule has 2 aromatic heterocycles. The van der Waals surface area contributed by atoms with Crippen LogP contribution in [0.1, 0.15) is 5.56 Å². The highest BCUT2D eigenvalue weighted by Gasteiger charge is 2.12. The molecule has 3 aromatic rings. The first-order valence-corrected chi connectivity index (χ1v) is 6.11. The number of aryl methyl sites for hydroxylation is 1. The molecule has 2 heterocycles. The van der Waals surface area contributed by atoms with E-state index in [1.807, 2.05) is 31.2 Å². The van der Waals surface area contributed by atoms with Crippen molar-refractivity contribution < 1.29 is 9.52 Å². The van der Waals surface area contributed by atoms with Crippen LogP contribution < -0.4 is 11.2 Å². The number of rotatable bonds is 1. The van der Waals surface area contributed by atoms with E-state index in [1.165, 1.54) is 0 Å². The molecule has 3 rings (SSSR count). The van der Waals surface area contributed by atoms with Crippen LogP contribution in [0.15, 0.2) is 52.3 Å². The smallest absolute Gasteiger partial charge is 0.140 e. The van der Waals surface area contributed by atoms with Crippen LogP contribution in [0.4, 0.5) is 0 Å². The summed E-state index contributed by atoms with van der Waals surface area (Å²) in [6, 6.07) is 8.99. The third-order valence-electron chi connectivity index (χ3n) is 3.09. The average molecular weight is 267 g/mol. The third-order valence-corrected chi connectivity index (χ3v) is 3.09. The molecule has 5 nitrogen and oxygen atoms in total. The van der Waals surface area contributed by atoms with E-state index in [9.17, 15) is 5.11 Å². The third kappa shape index (κ3) is 1.89. The monoisotopic (exact) mass is 267 g/mol. The maximum absolute atomic E-state index is 10.1. The maximum atomic E-state index is 10.1. The molecule has 0 saturated carbocycles. The number of phenols is 1. The van der Waals surface area contributed by atoms with Gasteiger partial charge >= 0.3 is 0 Å². The number of nitrogens with two attached hydrogens (primary N) is 1. The average Bonchev–Trinajstić information content (AvgIpc) is 2.46. The number of aromatic nitrogens is 1. The summed E-state index contributed by atoms with van der Waals surface area (Å²) in [6.45, 7) is 1.88. The summed E-state index contributed by atoms with van der Waals surface area (Å²) in [6.07, 6.45) is 3.23. The zero-order chi connectivity index (χ0) is 14.1. The van der Waals surface area contributed by atoms with Crippen molar-refractivity contribution in [1.29, 1.82) is 0 Å². The lowest BCUT2D eigenvalue weighted by molar-refractivity contribution is 0.479. The highest BCUT2D eigenvalue weighted by molar-refractivity contribution is 5.86. The maximum Gasteiger partial charge on any atom is 0.140 e. The first-order chi connectivity index (χ1) is 9.70. The number of pyridine rings is 1. The van der Waals surface area contributed by atoms with Gasteiger partial charge in [-0.3, -0.25) is 4.98 Å². The summed E-state index contributed by atoms with van der Waals surface area (Å²) in [7, 11) is 0. The van der Waals surface area contributed by atoms with Gasteiger partial charge in [0.2, 0.25) is 0 Å². The fraction of sp³-hybridized carbons (Fsp3) is 0.0667. The second-order valence-corrected chi connectivity index (χ2v) is 4.50. The van der Waals surface area contributed by atoms with E-state index in [2.05, 4.69) is 10.1 Å². The number of hydrogen-bond acceptors (Lipinski definition) is 5. The summed E-state index contributed by atoms with van der Waals surface area (Å²) >= 11 is 0. The molecule has 0 radical (unpaired) electrons. The van der Waals surface area contributed by atoms with Crippen molar-refractivity contribution in [3.63, 3.8) is 0 Å². The highest BCUT2D eigenvalue weighted by Crippen LogP contribution is 2.26. The van der Waals surface area contributed by atoms with Crippen molar-refractivity contribution in [2.75, 3.05) is 0 Å². The molecule has 0 saturated heterocycles. The molecular formula is C15H13N3O2. The number of aromatic hydroxyl groups is 1. The van der Waals surface area contributed by atoms with Crippen molar-refractivity contribution in [1.82, 2.24) is 4.98 Å². The molecule has 0 aliphatic carbocycles. The molecule has 1 aromatic carbocycles. The lowest BCUT2D eigenvalue weighted by Gasteiger charge is -2.06. The van der Waals surface area contributed by atoms with Crippen LogP contribution in [0.3, 0.4) is 0 Å². The largest absolute Gasteiger partial charge is 0.507 e. The van der Waals surface area contributed by atoms with Gasteiger partial charge in [-0.15, -0.1) is 0 Å². The number of benzene rings is 1. The minimum atomic E-state index is 0.0886. The summed E-state index contributed by atoms with van der Waals surface area (Å²) < 4.78 is 5.59. The van der Waals surface area contributed by atoms with Gasteiger partial charge in [0.25, 0.3) is 0 Å². The Balaban J connectivity index is 2.43. The van der Waals surface area contributed by atoms with Crippen molar-refractivity contribution in [3.8, 4) is 17.0 Å². The van der Waals surface area contributed by atoms with E-state index < -0.39 is 0 Å². The van der Waals surface area contributed by atoms with Crippen LogP contribution >= 0.6 is 0 Å². The normalized spacial score (nSPS) is 11.9. The van der Waals surface area contributed by atoms with Crippen molar-refractivity contribution in [2.24, 2.45) is 10.9 Å². The van der Waals surface area contributed by atoms with E-state index in [0.29, 0.717) is 27.6 Å². The molecular weight excluding hydrogens is 254 g/mol. The molecule has 5 heteroatoms. The second kappa shape index (κ2) is 4.70. The number of fused-ring (bicyclic) bond motifs is 1. The quantitative estimate of drug-likeness (QED) is 0.523. The highest BCUT2D eigenvalue weighted by atomic mass is 16.3. The topological polar surface area (TPSA) is 84.6 Å². The van der Waals surface area contributed by atoms with Crippen molar-refractivity contribution in [2.45, 2.75) is 6.92 Å². The van der Waals surface area contributed by atoms with Gasteiger partial charge in [-0.05, 0) is 36.8 Å². The van der Waals surface area contributed by atoms with Gasteiger partial charge in [0.1, 0.15) is 23.0 Å². The number of hydrogen-bond donors (Lipinski definition) is 2. The van der Waals surface area contributed by atoms with Crippen LogP contribution in [-0.4, -0.2) is 10.1 Å². The predicted octanol–water partition coefficient (Wildman–Crippen LogP) is 2.28. The lowest BCUT2D eigenvalue weighted by atomic mass is 10.1. The first-order valence-electron chi connectivity index (χ1n) is 6.11. The Morgan fingerprint density at radius 3 is 2.85 bits per heavy atom.